The molecule has 11 heteroatoms. The van der Waals surface area contributed by atoms with E-state index in [9.17, 15) is 9.59 Å². The van der Waals surface area contributed by atoms with E-state index in [4.69, 9.17) is 35.5 Å². The van der Waals surface area contributed by atoms with Gasteiger partial charge in [-0.1, -0.05) is 29.4 Å². The van der Waals surface area contributed by atoms with Gasteiger partial charge in [0.1, 0.15) is 6.04 Å². The zero-order valence-corrected chi connectivity index (χ0v) is 23.1. The number of methoxy groups -OCH3 is 3. The number of anilines is 1. The second-order valence-electron chi connectivity index (χ2n) is 7.93. The third-order valence-electron chi connectivity index (χ3n) is 5.60. The lowest BCUT2D eigenvalue weighted by Crippen LogP contribution is -2.31. The summed E-state index contributed by atoms with van der Waals surface area (Å²) in [5.41, 5.74) is 2.99. The van der Waals surface area contributed by atoms with E-state index < -0.39 is 12.0 Å². The Morgan fingerprint density at radius 1 is 1.11 bits per heavy atom. The average molecular weight is 548 g/mol. The van der Waals surface area contributed by atoms with E-state index in [-0.39, 0.29) is 18.3 Å². The van der Waals surface area contributed by atoms with Gasteiger partial charge in [0.25, 0.3) is 0 Å². The second-order valence-corrected chi connectivity index (χ2v) is 9.30. The monoisotopic (exact) mass is 547 g/mol. The minimum Gasteiger partial charge on any atom is -0.493 e. The zero-order chi connectivity index (χ0) is 27.1. The SMILES string of the molecule is CCOC(=O)C1=C(C)NC(SCC(=O)Nc2cccc(Cl)c2C)=N[C@@H]1c1cc(OC)c(OC)c(OC)c1. The van der Waals surface area contributed by atoms with Crippen LogP contribution in [0.25, 0.3) is 0 Å². The summed E-state index contributed by atoms with van der Waals surface area (Å²) in [5, 5.41) is 7.05. The Kier molecular flexibility index (Phi) is 9.71. The van der Waals surface area contributed by atoms with Crippen molar-refractivity contribution in [2.45, 2.75) is 26.8 Å². The molecular weight excluding hydrogens is 518 g/mol. The van der Waals surface area contributed by atoms with Crippen molar-refractivity contribution in [1.82, 2.24) is 5.32 Å². The molecule has 1 amide bonds. The smallest absolute Gasteiger partial charge is 0.338 e. The van der Waals surface area contributed by atoms with Gasteiger partial charge in [-0.2, -0.15) is 0 Å². The summed E-state index contributed by atoms with van der Waals surface area (Å²) in [5.74, 6) is 0.652. The fraction of sp³-hybridized carbons (Fsp3) is 0.346. The topological polar surface area (TPSA) is 107 Å². The summed E-state index contributed by atoms with van der Waals surface area (Å²) in [6.07, 6.45) is 0. The number of carbonyl (C=O) groups excluding carboxylic acids is 2. The first-order valence-corrected chi connectivity index (χ1v) is 12.8. The largest absolute Gasteiger partial charge is 0.493 e. The van der Waals surface area contributed by atoms with Crippen LogP contribution in [0, 0.1) is 6.92 Å². The van der Waals surface area contributed by atoms with Crippen LogP contribution in [0.4, 0.5) is 5.69 Å². The van der Waals surface area contributed by atoms with Crippen molar-refractivity contribution >= 4 is 46.1 Å². The van der Waals surface area contributed by atoms with Crippen LogP contribution in [0.3, 0.4) is 0 Å². The molecule has 3 rings (SSSR count). The van der Waals surface area contributed by atoms with Crippen molar-refractivity contribution in [3.63, 3.8) is 0 Å². The molecule has 0 unspecified atom stereocenters. The number of esters is 1. The number of benzene rings is 2. The van der Waals surface area contributed by atoms with Gasteiger partial charge < -0.3 is 29.6 Å². The van der Waals surface area contributed by atoms with Crippen molar-refractivity contribution in [2.24, 2.45) is 4.99 Å². The van der Waals surface area contributed by atoms with Crippen molar-refractivity contribution in [3.05, 3.63) is 57.8 Å². The highest BCUT2D eigenvalue weighted by molar-refractivity contribution is 8.14. The number of hydrogen-bond acceptors (Lipinski definition) is 9. The summed E-state index contributed by atoms with van der Waals surface area (Å²) < 4.78 is 21.7. The van der Waals surface area contributed by atoms with Crippen molar-refractivity contribution in [2.75, 3.05) is 39.0 Å². The van der Waals surface area contributed by atoms with E-state index in [0.717, 1.165) is 5.56 Å². The van der Waals surface area contributed by atoms with E-state index in [1.165, 1.54) is 33.1 Å². The number of rotatable bonds is 9. The molecule has 1 aliphatic rings. The summed E-state index contributed by atoms with van der Waals surface area (Å²) in [7, 11) is 4.55. The first-order valence-electron chi connectivity index (χ1n) is 11.4. The van der Waals surface area contributed by atoms with Gasteiger partial charge in [0, 0.05) is 16.4 Å². The summed E-state index contributed by atoms with van der Waals surface area (Å²) in [6.45, 7) is 5.56. The van der Waals surface area contributed by atoms with E-state index >= 15 is 0 Å². The average Bonchev–Trinajstić information content (AvgIpc) is 2.88. The third-order valence-corrected chi connectivity index (χ3v) is 6.90. The Bertz CT molecular complexity index is 1220. The summed E-state index contributed by atoms with van der Waals surface area (Å²) >= 11 is 7.37. The van der Waals surface area contributed by atoms with Gasteiger partial charge in [0.2, 0.25) is 11.7 Å². The van der Waals surface area contributed by atoms with Gasteiger partial charge in [-0.15, -0.1) is 0 Å². The van der Waals surface area contributed by atoms with Crippen molar-refractivity contribution in [3.8, 4) is 17.2 Å². The molecular formula is C26H30ClN3O6S. The molecule has 0 fully saturated rings. The molecule has 0 saturated heterocycles. The normalized spacial score (nSPS) is 14.9. The number of nitrogens with zero attached hydrogens (tertiary/aromatic N) is 1. The van der Waals surface area contributed by atoms with Gasteiger partial charge in [-0.05, 0) is 56.2 Å². The molecule has 0 aliphatic carbocycles. The van der Waals surface area contributed by atoms with E-state index in [2.05, 4.69) is 10.6 Å². The highest BCUT2D eigenvalue weighted by Gasteiger charge is 2.32. The summed E-state index contributed by atoms with van der Waals surface area (Å²) in [6, 6.07) is 8.09. The van der Waals surface area contributed by atoms with Crippen LogP contribution < -0.4 is 24.8 Å². The fourth-order valence-corrected chi connectivity index (χ4v) is 4.68. The Morgan fingerprint density at radius 2 is 1.78 bits per heavy atom. The number of aliphatic imine (C=N–C) groups is 1. The van der Waals surface area contributed by atoms with E-state index in [1.54, 1.807) is 44.2 Å². The molecule has 198 valence electrons. The maximum atomic E-state index is 12.9. The Balaban J connectivity index is 1.91. The molecule has 0 aromatic heterocycles. The molecule has 0 spiro atoms. The molecule has 9 nitrogen and oxygen atoms in total. The molecule has 0 radical (unpaired) electrons. The Labute approximate surface area is 225 Å². The first-order chi connectivity index (χ1) is 17.7. The van der Waals surface area contributed by atoms with Gasteiger partial charge in [0.05, 0.1) is 39.3 Å². The number of allylic oxidation sites excluding steroid dienone is 1. The Morgan fingerprint density at radius 3 is 2.38 bits per heavy atom. The minimum absolute atomic E-state index is 0.0851. The first kappa shape index (κ1) is 28.2. The lowest BCUT2D eigenvalue weighted by Gasteiger charge is -2.26. The van der Waals surface area contributed by atoms with Gasteiger partial charge in [0.15, 0.2) is 16.7 Å². The van der Waals surface area contributed by atoms with Crippen molar-refractivity contribution < 1.29 is 28.5 Å². The standard InChI is InChI=1S/C26H30ClN3O6S/c1-7-36-25(32)22-15(3)28-26(37-13-21(31)29-18-10-8-9-17(27)14(18)2)30-23(22)16-11-19(33-4)24(35-6)20(12-16)34-5/h8-12,23H,7,13H2,1-6H3,(H,28,30)(H,29,31)/t23-/m1/s1. The number of amides is 1. The number of hydrogen-bond donors (Lipinski definition) is 2. The molecule has 0 bridgehead atoms. The molecule has 1 atom stereocenters. The van der Waals surface area contributed by atoms with E-state index in [0.29, 0.717) is 50.0 Å². The maximum absolute atomic E-state index is 12.9. The number of halogens is 1. The molecule has 2 aromatic rings. The molecule has 1 heterocycles. The Hall–Kier alpha value is -3.37. The highest BCUT2D eigenvalue weighted by Crippen LogP contribution is 2.43. The summed E-state index contributed by atoms with van der Waals surface area (Å²) in [4.78, 5) is 30.3. The highest BCUT2D eigenvalue weighted by atomic mass is 35.5. The predicted molar refractivity (Wildman–Crippen MR) is 146 cm³/mol. The third kappa shape index (κ3) is 6.50. The lowest BCUT2D eigenvalue weighted by atomic mass is 9.96. The second kappa shape index (κ2) is 12.7. The number of thioether (sulfide) groups is 1. The van der Waals surface area contributed by atoms with Gasteiger partial charge in [-0.3, -0.25) is 4.79 Å². The van der Waals surface area contributed by atoms with E-state index in [1.807, 2.05) is 6.92 Å². The van der Waals surface area contributed by atoms with Crippen LogP contribution >= 0.6 is 23.4 Å². The number of nitrogens with one attached hydrogen (secondary N) is 2. The maximum Gasteiger partial charge on any atom is 0.338 e. The van der Waals surface area contributed by atoms with Crippen LogP contribution in [0.1, 0.15) is 31.0 Å². The van der Waals surface area contributed by atoms with Crippen LogP contribution in [0.2, 0.25) is 5.02 Å². The van der Waals surface area contributed by atoms with Crippen LogP contribution in [-0.2, 0) is 14.3 Å². The van der Waals surface area contributed by atoms with Gasteiger partial charge in [-0.25, -0.2) is 9.79 Å². The molecule has 37 heavy (non-hydrogen) atoms. The van der Waals surface area contributed by atoms with Gasteiger partial charge >= 0.3 is 5.97 Å². The van der Waals surface area contributed by atoms with Crippen LogP contribution in [-0.4, -0.2) is 50.7 Å². The quantitative estimate of drug-likeness (QED) is 0.428. The lowest BCUT2D eigenvalue weighted by molar-refractivity contribution is -0.139. The van der Waals surface area contributed by atoms with Crippen molar-refractivity contribution in [1.29, 1.82) is 0 Å². The predicted octanol–water partition coefficient (Wildman–Crippen LogP) is 4.88. The minimum atomic E-state index is -0.727. The molecule has 2 N–H and O–H groups in total. The molecule has 0 saturated carbocycles. The number of amidine groups is 1. The molecule has 2 aromatic carbocycles. The number of carbonyl (C=O) groups is 2. The zero-order valence-electron chi connectivity index (χ0n) is 21.6. The molecule has 1 aliphatic heterocycles. The number of ether oxygens (including phenoxy) is 4. The van der Waals surface area contributed by atoms with Crippen LogP contribution in [0.5, 0.6) is 17.2 Å². The fourth-order valence-electron chi connectivity index (χ4n) is 3.76. The van der Waals surface area contributed by atoms with Crippen LogP contribution in [0.15, 0.2) is 46.6 Å².